The highest BCUT2D eigenvalue weighted by atomic mass is 31.3. The number of carbonyl (C=O) groups excluding carboxylic acids is 1. The van der Waals surface area contributed by atoms with Crippen molar-refractivity contribution in [3.05, 3.63) is 93.8 Å². The van der Waals surface area contributed by atoms with Gasteiger partial charge in [0.25, 0.3) is 5.69 Å². The molecule has 2 aliphatic heterocycles. The molecular formula is C34H41N4O21P3. The van der Waals surface area contributed by atoms with Crippen LogP contribution in [0, 0.1) is 10.1 Å². The number of rotatable bonds is 19. The van der Waals surface area contributed by atoms with Crippen molar-refractivity contribution in [3.8, 4) is 11.5 Å². The predicted octanol–water partition coefficient (Wildman–Crippen LogP) is 2.69. The molecule has 25 nitrogen and oxygen atoms in total. The fourth-order valence-electron chi connectivity index (χ4n) is 6.72. The van der Waals surface area contributed by atoms with E-state index >= 15 is 0 Å². The number of para-hydroxylation sites is 2. The van der Waals surface area contributed by atoms with Crippen LogP contribution in [0.4, 0.5) is 5.69 Å². The number of primary amides is 1. The Balaban J connectivity index is 1.14. The van der Waals surface area contributed by atoms with Gasteiger partial charge in [-0.1, -0.05) is 24.3 Å². The molecule has 3 heterocycles. The maximum absolute atomic E-state index is 13.6. The third kappa shape index (κ3) is 10.6. The minimum absolute atomic E-state index is 0.0134. The molecule has 8 N–H and O–H groups in total. The summed E-state index contributed by atoms with van der Waals surface area (Å²) in [6.45, 7) is -0.855. The number of phosphoric ester groups is 3. The van der Waals surface area contributed by atoms with Crippen molar-refractivity contribution in [1.82, 2.24) is 9.55 Å². The van der Waals surface area contributed by atoms with Gasteiger partial charge in [0.1, 0.15) is 42.7 Å². The fourth-order valence-corrected chi connectivity index (χ4v) is 9.91. The van der Waals surface area contributed by atoms with E-state index in [4.69, 9.17) is 42.8 Å². The zero-order valence-corrected chi connectivity index (χ0v) is 35.2. The number of nitro groups is 1. The third-order valence-corrected chi connectivity index (χ3v) is 13.3. The van der Waals surface area contributed by atoms with Crippen LogP contribution in [0.25, 0.3) is 11.0 Å². The molecule has 2 fully saturated rings. The molecule has 0 aliphatic carbocycles. The van der Waals surface area contributed by atoms with E-state index in [2.05, 4.69) is 9.29 Å². The van der Waals surface area contributed by atoms with E-state index in [0.29, 0.717) is 11.0 Å². The molecule has 2 saturated heterocycles. The fraction of sp³-hybridized carbons (Fsp3) is 0.412. The van der Waals surface area contributed by atoms with Crippen LogP contribution in [0.3, 0.4) is 0 Å². The van der Waals surface area contributed by atoms with Crippen molar-refractivity contribution in [3.63, 3.8) is 0 Å². The number of nitrogens with zero attached hydrogens (tertiary/aromatic N) is 3. The molecule has 0 bridgehead atoms. The van der Waals surface area contributed by atoms with Crippen LogP contribution in [0.1, 0.15) is 46.8 Å². The number of phosphoric acid groups is 3. The van der Waals surface area contributed by atoms with E-state index < -0.39 is 108 Å². The number of aromatic nitrogens is 2. The number of aliphatic hydroxyl groups is 3. The van der Waals surface area contributed by atoms with Gasteiger partial charge in [-0.15, -0.1) is 0 Å². The van der Waals surface area contributed by atoms with Crippen molar-refractivity contribution in [2.24, 2.45) is 5.73 Å². The molecule has 62 heavy (non-hydrogen) atoms. The van der Waals surface area contributed by atoms with Crippen LogP contribution in [-0.2, 0) is 45.6 Å². The summed E-state index contributed by atoms with van der Waals surface area (Å²) >= 11 is 0. The zero-order chi connectivity index (χ0) is 45.3. The quantitative estimate of drug-likeness (QED) is 0.0403. The number of carbonyl (C=O) groups is 1. The standard InChI is InChI=1S/C34H41N4O21P3/c1-17(20-12-24(51-2)25(52-3)13-23(20)38(43)44)57-62(49,50)58-32-29(40)27(56-34(32)37-16-36-21-9-4-5-10-22(21)37)15-54-61(47,48)59-60(45,46)53-14-26-28(39)30(41)31(55-26)18-7-6-8-19(11-18)33(35)42/h4-13,16-17,26-32,34,39-41H,14-15H2,1-3H3,(H2,35,42)(H,45,46)(H,47,48)(H,49,50)/t17?,26-,27-,28-,29-,30-,31+,32-,34-/m1/s1. The second-order valence-corrected chi connectivity index (χ2v) is 18.1. The zero-order valence-electron chi connectivity index (χ0n) is 32.5. The lowest BCUT2D eigenvalue weighted by atomic mass is 10.00. The molecule has 6 rings (SSSR count). The Morgan fingerprint density at radius 3 is 2.15 bits per heavy atom. The predicted molar refractivity (Wildman–Crippen MR) is 207 cm³/mol. The van der Waals surface area contributed by atoms with Gasteiger partial charge in [0.2, 0.25) is 5.91 Å². The number of ether oxygens (including phenoxy) is 4. The Morgan fingerprint density at radius 1 is 0.887 bits per heavy atom. The SMILES string of the molecule is COc1cc(C(C)OP(=O)(O)O[C@@H]2[C@H](O)[C@@H](COP(=O)(O)OP(=O)(O)OC[C@H]3O[C@@H](c4cccc(C(N)=O)c4)[C@H](O)[C@@H]3O)O[C@H]2n2cnc3ccccc32)c([N+](=O)[O-])cc1OC. The van der Waals surface area contributed by atoms with E-state index in [1.165, 1.54) is 56.3 Å². The Morgan fingerprint density at radius 2 is 1.52 bits per heavy atom. The van der Waals surface area contributed by atoms with E-state index in [1.807, 2.05) is 0 Å². The van der Waals surface area contributed by atoms with E-state index in [-0.39, 0.29) is 28.2 Å². The first-order valence-electron chi connectivity index (χ1n) is 18.1. The van der Waals surface area contributed by atoms with Gasteiger partial charge in [0.15, 0.2) is 17.7 Å². The smallest absolute Gasteiger partial charge is 0.481 e. The van der Waals surface area contributed by atoms with Gasteiger partial charge in [-0.25, -0.2) is 18.7 Å². The van der Waals surface area contributed by atoms with Gasteiger partial charge in [-0.2, -0.15) is 4.31 Å². The number of hydrogen-bond acceptors (Lipinski definition) is 19. The molecule has 1 amide bonds. The molecule has 0 radical (unpaired) electrons. The average Bonchev–Trinajstić information content (AvgIpc) is 3.87. The molecular weight excluding hydrogens is 893 g/mol. The maximum Gasteiger partial charge on any atom is 0.481 e. The number of aliphatic hydroxyl groups excluding tert-OH is 3. The van der Waals surface area contributed by atoms with Crippen LogP contribution in [-0.4, -0.2) is 114 Å². The van der Waals surface area contributed by atoms with Gasteiger partial charge in [-0.3, -0.25) is 33.0 Å². The van der Waals surface area contributed by atoms with Crippen molar-refractivity contribution in [2.75, 3.05) is 27.4 Å². The molecule has 4 unspecified atom stereocenters. The van der Waals surface area contributed by atoms with Crippen LogP contribution in [0.5, 0.6) is 11.5 Å². The molecule has 1 aromatic heterocycles. The largest absolute Gasteiger partial charge is 0.493 e. The number of hydrogen-bond donors (Lipinski definition) is 7. The number of methoxy groups -OCH3 is 2. The number of amides is 1. The summed E-state index contributed by atoms with van der Waals surface area (Å²) in [5.74, 6) is -0.764. The number of benzene rings is 3. The topological polar surface area (TPSA) is 360 Å². The van der Waals surface area contributed by atoms with Gasteiger partial charge in [0.05, 0.1) is 67.5 Å². The summed E-state index contributed by atoms with van der Waals surface area (Å²) < 4.78 is 87.1. The Labute approximate surface area is 350 Å². The molecule has 3 aromatic carbocycles. The summed E-state index contributed by atoms with van der Waals surface area (Å²) in [6, 6.07) is 14.3. The maximum atomic E-state index is 13.6. The minimum atomic E-state index is -5.60. The van der Waals surface area contributed by atoms with Crippen molar-refractivity contribution >= 4 is 46.1 Å². The summed E-state index contributed by atoms with van der Waals surface area (Å²) in [6.07, 6.45) is -13.4. The van der Waals surface area contributed by atoms with Crippen LogP contribution in [0.2, 0.25) is 0 Å². The second kappa shape index (κ2) is 18.9. The van der Waals surface area contributed by atoms with Gasteiger partial charge >= 0.3 is 23.5 Å². The average molecular weight is 935 g/mol. The number of fused-ring (bicyclic) bond motifs is 1. The van der Waals surface area contributed by atoms with Gasteiger partial charge in [0, 0.05) is 5.56 Å². The molecule has 28 heteroatoms. The summed E-state index contributed by atoms with van der Waals surface area (Å²) in [5.41, 5.74) is 5.59. The highest BCUT2D eigenvalue weighted by molar-refractivity contribution is 7.61. The molecule has 4 aromatic rings. The highest BCUT2D eigenvalue weighted by Crippen LogP contribution is 2.61. The Hall–Kier alpha value is -4.23. The molecule has 12 atom stereocenters. The van der Waals surface area contributed by atoms with Crippen LogP contribution in [0.15, 0.2) is 67.0 Å². The number of nitrogens with two attached hydrogens (primary N) is 1. The summed E-state index contributed by atoms with van der Waals surface area (Å²) in [5, 5.41) is 44.4. The monoisotopic (exact) mass is 934 g/mol. The first-order chi connectivity index (χ1) is 29.1. The third-order valence-electron chi connectivity index (χ3n) is 9.65. The van der Waals surface area contributed by atoms with Crippen molar-refractivity contribution in [2.45, 2.75) is 62.0 Å². The Bertz CT molecular complexity index is 2440. The first kappa shape index (κ1) is 47.3. The molecule has 0 saturated carbocycles. The lowest BCUT2D eigenvalue weighted by Crippen LogP contribution is -2.35. The van der Waals surface area contributed by atoms with Crippen LogP contribution >= 0.6 is 23.5 Å². The van der Waals surface area contributed by atoms with Crippen molar-refractivity contribution in [1.29, 1.82) is 0 Å². The second-order valence-electron chi connectivity index (χ2n) is 13.7. The number of nitro benzene ring substituents is 1. The molecule has 0 spiro atoms. The van der Waals surface area contributed by atoms with Gasteiger partial charge < -0.3 is 59.2 Å². The number of imidazole rings is 1. The van der Waals surface area contributed by atoms with E-state index in [9.17, 15) is 58.6 Å². The Kier molecular flexibility index (Phi) is 14.4. The van der Waals surface area contributed by atoms with Gasteiger partial charge in [-0.05, 0) is 42.8 Å². The normalized spacial score (nSPS) is 27.2. The molecule has 338 valence electrons. The van der Waals surface area contributed by atoms with Crippen LogP contribution < -0.4 is 15.2 Å². The highest BCUT2D eigenvalue weighted by Gasteiger charge is 2.51. The first-order valence-corrected chi connectivity index (χ1v) is 22.5. The minimum Gasteiger partial charge on any atom is -0.493 e. The van der Waals surface area contributed by atoms with E-state index in [1.54, 1.807) is 24.3 Å². The summed E-state index contributed by atoms with van der Waals surface area (Å²) in [7, 11) is -14.0. The molecule has 2 aliphatic rings. The lowest BCUT2D eigenvalue weighted by Gasteiger charge is -2.26. The lowest BCUT2D eigenvalue weighted by molar-refractivity contribution is -0.386. The van der Waals surface area contributed by atoms with Crippen molar-refractivity contribution < 1.29 is 94.8 Å². The van der Waals surface area contributed by atoms with E-state index in [0.717, 1.165) is 12.1 Å². The summed E-state index contributed by atoms with van der Waals surface area (Å²) in [4.78, 5) is 58.6.